The number of anilines is 1. The molecule has 0 heterocycles. The molecule has 0 spiro atoms. The lowest BCUT2D eigenvalue weighted by atomic mass is 10.1. The summed E-state index contributed by atoms with van der Waals surface area (Å²) in [5.74, 6) is -1.03. The largest absolute Gasteiger partial charge is 0.467 e. The fourth-order valence-electron chi connectivity index (χ4n) is 1.32. The van der Waals surface area contributed by atoms with Crippen molar-refractivity contribution in [2.24, 2.45) is 0 Å². The molecule has 0 atom stereocenters. The molecule has 0 unspecified atom stereocenters. The van der Waals surface area contributed by atoms with E-state index in [1.807, 2.05) is 0 Å². The maximum absolute atomic E-state index is 12.9. The molecule has 5 nitrogen and oxygen atoms in total. The van der Waals surface area contributed by atoms with Gasteiger partial charge in [0.15, 0.2) is 0 Å². The van der Waals surface area contributed by atoms with E-state index in [1.165, 1.54) is 45.2 Å². The van der Waals surface area contributed by atoms with E-state index in [1.54, 1.807) is 0 Å². The molecule has 1 aromatic carbocycles. The van der Waals surface area contributed by atoms with E-state index in [2.05, 4.69) is 15.4 Å². The maximum Gasteiger partial charge on any atom is 0.331 e. The molecular formula is C12H15FN2O3. The van der Waals surface area contributed by atoms with Gasteiger partial charge >= 0.3 is 12.0 Å². The van der Waals surface area contributed by atoms with Crippen LogP contribution in [0.25, 0.3) is 0 Å². The van der Waals surface area contributed by atoms with Crippen molar-refractivity contribution in [3.8, 4) is 0 Å². The molecule has 98 valence electrons. The van der Waals surface area contributed by atoms with Crippen molar-refractivity contribution in [2.45, 2.75) is 19.4 Å². The van der Waals surface area contributed by atoms with E-state index >= 15 is 0 Å². The second kappa shape index (κ2) is 5.48. The predicted molar refractivity (Wildman–Crippen MR) is 64.6 cm³/mol. The zero-order valence-corrected chi connectivity index (χ0v) is 10.4. The number of rotatable bonds is 3. The Morgan fingerprint density at radius 2 is 2.00 bits per heavy atom. The number of hydrogen-bond donors (Lipinski definition) is 2. The topological polar surface area (TPSA) is 67.4 Å². The highest BCUT2D eigenvalue weighted by atomic mass is 19.1. The van der Waals surface area contributed by atoms with Crippen LogP contribution in [0.2, 0.25) is 0 Å². The highest BCUT2D eigenvalue weighted by Crippen LogP contribution is 2.10. The van der Waals surface area contributed by atoms with Gasteiger partial charge in [-0.05, 0) is 32.0 Å². The number of ether oxygens (including phenoxy) is 1. The Labute approximate surface area is 104 Å². The average Bonchev–Trinajstić information content (AvgIpc) is 2.26. The Hall–Kier alpha value is -2.11. The Morgan fingerprint density at radius 1 is 1.33 bits per heavy atom. The molecular weight excluding hydrogens is 239 g/mol. The van der Waals surface area contributed by atoms with E-state index in [4.69, 9.17) is 0 Å². The average molecular weight is 254 g/mol. The van der Waals surface area contributed by atoms with Crippen LogP contribution in [-0.4, -0.2) is 24.6 Å². The van der Waals surface area contributed by atoms with Crippen LogP contribution in [0.15, 0.2) is 24.3 Å². The third-order valence-electron chi connectivity index (χ3n) is 2.20. The normalized spacial score (nSPS) is 10.7. The van der Waals surface area contributed by atoms with Gasteiger partial charge in [-0.1, -0.05) is 6.07 Å². The third-order valence-corrected chi connectivity index (χ3v) is 2.20. The van der Waals surface area contributed by atoms with Crippen LogP contribution in [0.5, 0.6) is 0 Å². The number of esters is 1. The van der Waals surface area contributed by atoms with Crippen LogP contribution in [0.1, 0.15) is 13.8 Å². The van der Waals surface area contributed by atoms with E-state index in [9.17, 15) is 14.0 Å². The van der Waals surface area contributed by atoms with Crippen molar-refractivity contribution in [1.29, 1.82) is 0 Å². The number of benzene rings is 1. The van der Waals surface area contributed by atoms with E-state index in [-0.39, 0.29) is 0 Å². The van der Waals surface area contributed by atoms with Gasteiger partial charge in [0, 0.05) is 5.69 Å². The molecule has 0 saturated carbocycles. The molecule has 6 heteroatoms. The lowest BCUT2D eigenvalue weighted by Crippen LogP contribution is -2.51. The number of methoxy groups -OCH3 is 1. The molecule has 1 aromatic rings. The van der Waals surface area contributed by atoms with Crippen molar-refractivity contribution in [2.75, 3.05) is 12.4 Å². The molecule has 0 fully saturated rings. The number of nitrogens with one attached hydrogen (secondary N) is 2. The van der Waals surface area contributed by atoms with Gasteiger partial charge in [0.2, 0.25) is 0 Å². The fraction of sp³-hybridized carbons (Fsp3) is 0.333. The quantitative estimate of drug-likeness (QED) is 0.809. The first kappa shape index (κ1) is 14.0. The van der Waals surface area contributed by atoms with Crippen molar-refractivity contribution >= 4 is 17.7 Å². The second-order valence-corrected chi connectivity index (χ2v) is 4.21. The number of amides is 2. The standard InChI is InChI=1S/C12H15FN2O3/c1-12(2,10(16)18-3)15-11(17)14-9-6-4-5-8(13)7-9/h4-7H,1-3H3,(H2,14,15,17). The number of carbonyl (C=O) groups is 2. The number of urea groups is 1. The summed E-state index contributed by atoms with van der Waals surface area (Å²) in [7, 11) is 1.23. The maximum atomic E-state index is 12.9. The molecule has 2 N–H and O–H groups in total. The SMILES string of the molecule is COC(=O)C(C)(C)NC(=O)Nc1cccc(F)c1. The smallest absolute Gasteiger partial charge is 0.331 e. The van der Waals surface area contributed by atoms with E-state index < -0.39 is 23.4 Å². The summed E-state index contributed by atoms with van der Waals surface area (Å²) in [6.07, 6.45) is 0. The predicted octanol–water partition coefficient (Wildman–Crippen LogP) is 1.90. The highest BCUT2D eigenvalue weighted by molar-refractivity contribution is 5.93. The molecule has 1 rings (SSSR count). The summed E-state index contributed by atoms with van der Waals surface area (Å²) >= 11 is 0. The minimum atomic E-state index is -1.16. The van der Waals surface area contributed by atoms with Crippen molar-refractivity contribution < 1.29 is 18.7 Å². The van der Waals surface area contributed by atoms with Crippen LogP contribution in [0.4, 0.5) is 14.9 Å². The van der Waals surface area contributed by atoms with Gasteiger partial charge in [0.25, 0.3) is 0 Å². The first-order valence-electron chi connectivity index (χ1n) is 5.28. The summed E-state index contributed by atoms with van der Waals surface area (Å²) in [6.45, 7) is 3.01. The lowest BCUT2D eigenvalue weighted by molar-refractivity contribution is -0.146. The van der Waals surface area contributed by atoms with E-state index in [0.717, 1.165) is 0 Å². The van der Waals surface area contributed by atoms with Gasteiger partial charge in [-0.25, -0.2) is 14.0 Å². The Bertz CT molecular complexity index is 460. The monoisotopic (exact) mass is 254 g/mol. The molecule has 18 heavy (non-hydrogen) atoms. The minimum absolute atomic E-state index is 0.299. The van der Waals surface area contributed by atoms with Crippen LogP contribution in [-0.2, 0) is 9.53 Å². The number of carbonyl (C=O) groups excluding carboxylic acids is 2. The van der Waals surface area contributed by atoms with Gasteiger partial charge in [0.1, 0.15) is 11.4 Å². The number of halogens is 1. The Morgan fingerprint density at radius 3 is 2.56 bits per heavy atom. The van der Waals surface area contributed by atoms with Crippen LogP contribution in [0.3, 0.4) is 0 Å². The summed E-state index contributed by atoms with van der Waals surface area (Å²) < 4.78 is 17.4. The van der Waals surface area contributed by atoms with Crippen LogP contribution >= 0.6 is 0 Å². The van der Waals surface area contributed by atoms with Crippen molar-refractivity contribution in [3.05, 3.63) is 30.1 Å². The summed E-state index contributed by atoms with van der Waals surface area (Å²) in [5.41, 5.74) is -0.861. The van der Waals surface area contributed by atoms with Gasteiger partial charge < -0.3 is 15.4 Å². The summed E-state index contributed by atoms with van der Waals surface area (Å²) in [6, 6.07) is 4.83. The molecule has 0 radical (unpaired) electrons. The molecule has 0 bridgehead atoms. The Balaban J connectivity index is 2.65. The number of hydrogen-bond acceptors (Lipinski definition) is 3. The lowest BCUT2D eigenvalue weighted by Gasteiger charge is -2.23. The molecule has 0 aliphatic heterocycles. The van der Waals surface area contributed by atoms with Crippen molar-refractivity contribution in [3.63, 3.8) is 0 Å². The van der Waals surface area contributed by atoms with Crippen molar-refractivity contribution in [1.82, 2.24) is 5.32 Å². The zero-order valence-electron chi connectivity index (χ0n) is 10.4. The zero-order chi connectivity index (χ0) is 13.8. The summed E-state index contributed by atoms with van der Waals surface area (Å²) in [5, 5.41) is 4.85. The summed E-state index contributed by atoms with van der Waals surface area (Å²) in [4.78, 5) is 23.0. The van der Waals surface area contributed by atoms with Crippen LogP contribution in [0, 0.1) is 5.82 Å². The minimum Gasteiger partial charge on any atom is -0.467 e. The molecule has 2 amide bonds. The molecule has 0 aromatic heterocycles. The van der Waals surface area contributed by atoms with Crippen LogP contribution < -0.4 is 10.6 Å². The van der Waals surface area contributed by atoms with E-state index in [0.29, 0.717) is 5.69 Å². The first-order valence-corrected chi connectivity index (χ1v) is 5.28. The third kappa shape index (κ3) is 3.73. The van der Waals surface area contributed by atoms with Gasteiger partial charge in [0.05, 0.1) is 7.11 Å². The molecule has 0 saturated heterocycles. The Kier molecular flexibility index (Phi) is 4.25. The first-order chi connectivity index (χ1) is 8.35. The van der Waals surface area contributed by atoms with Gasteiger partial charge in [-0.2, -0.15) is 0 Å². The van der Waals surface area contributed by atoms with Gasteiger partial charge in [-0.15, -0.1) is 0 Å². The van der Waals surface area contributed by atoms with Gasteiger partial charge in [-0.3, -0.25) is 0 Å². The molecule has 0 aliphatic carbocycles. The highest BCUT2D eigenvalue weighted by Gasteiger charge is 2.30. The second-order valence-electron chi connectivity index (χ2n) is 4.21. The fourth-order valence-corrected chi connectivity index (χ4v) is 1.32. The molecule has 0 aliphatic rings.